The van der Waals surface area contributed by atoms with E-state index in [0.29, 0.717) is 5.95 Å². The summed E-state index contributed by atoms with van der Waals surface area (Å²) in [4.78, 5) is 10.7. The average Bonchev–Trinajstić information content (AvgIpc) is 2.20. The second-order valence-corrected chi connectivity index (χ2v) is 1.94. The van der Waals surface area contributed by atoms with Crippen LogP contribution >= 0.6 is 0 Å². The van der Waals surface area contributed by atoms with Crippen molar-refractivity contribution in [2.45, 2.75) is 6.92 Å². The molecule has 5 heteroatoms. The van der Waals surface area contributed by atoms with Crippen LogP contribution in [0.15, 0.2) is 4.79 Å². The molecule has 56 valence electrons. The van der Waals surface area contributed by atoms with Crippen LogP contribution in [0.3, 0.4) is 0 Å². The highest BCUT2D eigenvalue weighted by Crippen LogP contribution is 1.91. The zero-order valence-corrected chi connectivity index (χ0v) is 6.01. The molecule has 1 rings (SSSR count). The van der Waals surface area contributed by atoms with Crippen LogP contribution in [0.4, 0.5) is 5.95 Å². The highest BCUT2D eigenvalue weighted by atomic mass is 16.1. The standard InChI is InChI=1S/C5H10N4O/c1-3-6-4-7-8-5(10)9(4)2/h3H2,1-2H3,(H,6,7)(H,8,10). The van der Waals surface area contributed by atoms with Crippen molar-refractivity contribution in [1.29, 1.82) is 0 Å². The molecule has 0 aliphatic carbocycles. The topological polar surface area (TPSA) is 62.7 Å². The van der Waals surface area contributed by atoms with Crippen LogP contribution < -0.4 is 11.0 Å². The molecule has 5 nitrogen and oxygen atoms in total. The van der Waals surface area contributed by atoms with E-state index in [2.05, 4.69) is 15.5 Å². The van der Waals surface area contributed by atoms with Gasteiger partial charge < -0.3 is 5.32 Å². The molecule has 0 unspecified atom stereocenters. The zero-order valence-electron chi connectivity index (χ0n) is 6.01. The van der Waals surface area contributed by atoms with Crippen LogP contribution in [0, 0.1) is 0 Å². The van der Waals surface area contributed by atoms with Gasteiger partial charge >= 0.3 is 5.69 Å². The maximum atomic E-state index is 10.7. The summed E-state index contributed by atoms with van der Waals surface area (Å²) in [5.74, 6) is 0.576. The van der Waals surface area contributed by atoms with Gasteiger partial charge in [-0.2, -0.15) is 0 Å². The number of hydrogen-bond acceptors (Lipinski definition) is 3. The molecule has 0 aromatic carbocycles. The number of H-pyrrole nitrogens is 1. The minimum Gasteiger partial charge on any atom is -0.355 e. The third kappa shape index (κ3) is 1.02. The van der Waals surface area contributed by atoms with Crippen LogP contribution in [0.1, 0.15) is 6.92 Å². The first-order valence-corrected chi connectivity index (χ1v) is 3.11. The Hall–Kier alpha value is -1.26. The van der Waals surface area contributed by atoms with Gasteiger partial charge in [0.2, 0.25) is 5.95 Å². The van der Waals surface area contributed by atoms with Crippen molar-refractivity contribution in [2.24, 2.45) is 7.05 Å². The van der Waals surface area contributed by atoms with Gasteiger partial charge in [0.1, 0.15) is 0 Å². The Morgan fingerprint density at radius 2 is 2.50 bits per heavy atom. The number of aromatic amines is 1. The third-order valence-corrected chi connectivity index (χ3v) is 1.21. The molecule has 1 aromatic heterocycles. The molecular weight excluding hydrogens is 132 g/mol. The van der Waals surface area contributed by atoms with Crippen molar-refractivity contribution >= 4 is 5.95 Å². The van der Waals surface area contributed by atoms with Crippen LogP contribution in [0.5, 0.6) is 0 Å². The lowest BCUT2D eigenvalue weighted by Gasteiger charge is -1.97. The number of nitrogens with zero attached hydrogens (tertiary/aromatic N) is 2. The molecule has 1 aromatic rings. The smallest absolute Gasteiger partial charge is 0.344 e. The molecule has 0 bridgehead atoms. The molecule has 0 atom stereocenters. The molecule has 2 N–H and O–H groups in total. The van der Waals surface area contributed by atoms with Gasteiger partial charge in [-0.05, 0) is 6.92 Å². The predicted octanol–water partition coefficient (Wildman–Crippen LogP) is -0.460. The quantitative estimate of drug-likeness (QED) is 0.587. The summed E-state index contributed by atoms with van der Waals surface area (Å²) in [5, 5.41) is 8.95. The third-order valence-electron chi connectivity index (χ3n) is 1.21. The summed E-state index contributed by atoms with van der Waals surface area (Å²) < 4.78 is 1.42. The van der Waals surface area contributed by atoms with E-state index >= 15 is 0 Å². The van der Waals surface area contributed by atoms with E-state index in [1.165, 1.54) is 4.57 Å². The maximum Gasteiger partial charge on any atom is 0.344 e. The molecule has 0 amide bonds. The molecule has 0 aliphatic heterocycles. The van der Waals surface area contributed by atoms with Gasteiger partial charge in [-0.3, -0.25) is 4.57 Å². The van der Waals surface area contributed by atoms with Crippen LogP contribution in [-0.4, -0.2) is 21.3 Å². The van der Waals surface area contributed by atoms with Crippen LogP contribution in [0.25, 0.3) is 0 Å². The SMILES string of the molecule is CCNc1n[nH]c(=O)n1C. The summed E-state index contributed by atoms with van der Waals surface area (Å²) >= 11 is 0. The zero-order chi connectivity index (χ0) is 7.56. The molecule has 0 saturated carbocycles. The normalized spacial score (nSPS) is 9.80. The van der Waals surface area contributed by atoms with Gasteiger partial charge in [0.15, 0.2) is 0 Å². The second-order valence-electron chi connectivity index (χ2n) is 1.94. The Balaban J connectivity index is 2.94. The summed E-state index contributed by atoms with van der Waals surface area (Å²) in [6.45, 7) is 2.71. The van der Waals surface area contributed by atoms with Crippen molar-refractivity contribution in [2.75, 3.05) is 11.9 Å². The van der Waals surface area contributed by atoms with Crippen molar-refractivity contribution in [3.8, 4) is 0 Å². The molecule has 10 heavy (non-hydrogen) atoms. The molecule has 0 spiro atoms. The fourth-order valence-corrected chi connectivity index (χ4v) is 0.663. The average molecular weight is 142 g/mol. The lowest BCUT2D eigenvalue weighted by Crippen LogP contribution is -2.14. The molecule has 0 radical (unpaired) electrons. The molecular formula is C5H10N4O. The van der Waals surface area contributed by atoms with Crippen molar-refractivity contribution in [3.05, 3.63) is 10.5 Å². The van der Waals surface area contributed by atoms with E-state index < -0.39 is 0 Å². The molecule has 0 fully saturated rings. The number of nitrogens with one attached hydrogen (secondary N) is 2. The summed E-state index contributed by atoms with van der Waals surface area (Å²) in [7, 11) is 1.66. The van der Waals surface area contributed by atoms with E-state index in [9.17, 15) is 4.79 Å². The van der Waals surface area contributed by atoms with E-state index in [1.807, 2.05) is 6.92 Å². The number of hydrogen-bond donors (Lipinski definition) is 2. The highest BCUT2D eigenvalue weighted by molar-refractivity contribution is 5.21. The van der Waals surface area contributed by atoms with E-state index in [0.717, 1.165) is 6.54 Å². The van der Waals surface area contributed by atoms with Gasteiger partial charge in [0, 0.05) is 13.6 Å². The largest absolute Gasteiger partial charge is 0.355 e. The first-order valence-electron chi connectivity index (χ1n) is 3.11. The van der Waals surface area contributed by atoms with Gasteiger partial charge in [0.05, 0.1) is 0 Å². The van der Waals surface area contributed by atoms with Gasteiger partial charge in [-0.15, -0.1) is 5.10 Å². The molecule has 0 aliphatic rings. The van der Waals surface area contributed by atoms with Crippen LogP contribution in [-0.2, 0) is 7.05 Å². The minimum absolute atomic E-state index is 0.198. The predicted molar refractivity (Wildman–Crippen MR) is 38.0 cm³/mol. The van der Waals surface area contributed by atoms with Gasteiger partial charge in [-0.25, -0.2) is 9.89 Å². The van der Waals surface area contributed by atoms with E-state index in [1.54, 1.807) is 7.05 Å². The number of anilines is 1. The highest BCUT2D eigenvalue weighted by Gasteiger charge is 1.99. The van der Waals surface area contributed by atoms with E-state index in [-0.39, 0.29) is 5.69 Å². The number of aromatic nitrogens is 3. The second kappa shape index (κ2) is 2.55. The summed E-state index contributed by atoms with van der Waals surface area (Å²) in [6.07, 6.45) is 0. The van der Waals surface area contributed by atoms with Gasteiger partial charge in [-0.1, -0.05) is 0 Å². The molecule has 1 heterocycles. The number of rotatable bonds is 2. The lowest BCUT2D eigenvalue weighted by atomic mass is 10.7. The maximum absolute atomic E-state index is 10.7. The van der Waals surface area contributed by atoms with E-state index in [4.69, 9.17) is 0 Å². The summed E-state index contributed by atoms with van der Waals surface area (Å²) in [6, 6.07) is 0. The van der Waals surface area contributed by atoms with Crippen molar-refractivity contribution in [3.63, 3.8) is 0 Å². The minimum atomic E-state index is -0.198. The van der Waals surface area contributed by atoms with Crippen molar-refractivity contribution in [1.82, 2.24) is 14.8 Å². The fourth-order valence-electron chi connectivity index (χ4n) is 0.663. The van der Waals surface area contributed by atoms with Crippen molar-refractivity contribution < 1.29 is 0 Å². The Labute approximate surface area is 58.1 Å². The lowest BCUT2D eigenvalue weighted by molar-refractivity contribution is 0.861. The Bertz CT molecular complexity index is 261. The first-order chi connectivity index (χ1) is 4.75. The summed E-state index contributed by atoms with van der Waals surface area (Å²) in [5.41, 5.74) is -0.198. The Morgan fingerprint density at radius 3 is 2.90 bits per heavy atom. The monoisotopic (exact) mass is 142 g/mol. The fraction of sp³-hybridized carbons (Fsp3) is 0.600. The Morgan fingerprint density at radius 1 is 1.80 bits per heavy atom. The first kappa shape index (κ1) is 6.85. The van der Waals surface area contributed by atoms with Gasteiger partial charge in [0.25, 0.3) is 0 Å². The Kier molecular flexibility index (Phi) is 1.75. The van der Waals surface area contributed by atoms with Crippen LogP contribution in [0.2, 0.25) is 0 Å². The molecule has 0 saturated heterocycles.